The maximum atomic E-state index is 12.9. The Morgan fingerprint density at radius 3 is 2.91 bits per heavy atom. The first-order chi connectivity index (χ1) is 16.3. The van der Waals surface area contributed by atoms with Crippen molar-refractivity contribution in [2.45, 2.75) is 30.1 Å². The number of β-lactam (4-membered cyclic amide) rings is 1. The van der Waals surface area contributed by atoms with Crippen LogP contribution in [0.3, 0.4) is 0 Å². The van der Waals surface area contributed by atoms with Gasteiger partial charge in [-0.2, -0.15) is 0 Å². The summed E-state index contributed by atoms with van der Waals surface area (Å²) >= 11 is 2.26. The number of nitrogen functional groups attached to an aromatic ring is 1. The summed E-state index contributed by atoms with van der Waals surface area (Å²) in [6.07, 6.45) is 4.17. The number of nitrogens with two attached hydrogens (primary N) is 1. The molecule has 0 saturated carbocycles. The van der Waals surface area contributed by atoms with E-state index in [9.17, 15) is 23.9 Å². The minimum Gasteiger partial charge on any atom is -0.477 e. The fourth-order valence-electron chi connectivity index (χ4n) is 3.64. The molecule has 34 heavy (non-hydrogen) atoms. The van der Waals surface area contributed by atoms with Crippen LogP contribution in [0.4, 0.5) is 9.52 Å². The molecule has 2 aromatic heterocycles. The fourth-order valence-corrected chi connectivity index (χ4v) is 5.23. The molecular formula is C19H20FN7O5S2. The lowest BCUT2D eigenvalue weighted by Gasteiger charge is -2.50. The van der Waals surface area contributed by atoms with Crippen LogP contribution in [-0.2, 0) is 26.3 Å². The number of carboxylic acids is 1. The van der Waals surface area contributed by atoms with E-state index in [0.717, 1.165) is 11.3 Å². The van der Waals surface area contributed by atoms with Crippen molar-refractivity contribution in [2.75, 3.05) is 19.0 Å². The Bertz CT molecular complexity index is 1190. The van der Waals surface area contributed by atoms with Gasteiger partial charge in [-0.1, -0.05) is 16.9 Å². The number of oxime groups is 1. The molecule has 0 radical (unpaired) electrons. The summed E-state index contributed by atoms with van der Waals surface area (Å²) in [5.74, 6) is -2.56. The first-order valence-electron chi connectivity index (χ1n) is 10.0. The summed E-state index contributed by atoms with van der Waals surface area (Å²) in [5.41, 5.74) is 5.36. The van der Waals surface area contributed by atoms with Gasteiger partial charge in [0, 0.05) is 29.7 Å². The average Bonchev–Trinajstić information content (AvgIpc) is 3.42. The highest BCUT2D eigenvalue weighted by molar-refractivity contribution is 8.03. The Morgan fingerprint density at radius 2 is 2.29 bits per heavy atom. The van der Waals surface area contributed by atoms with Gasteiger partial charge in [-0.15, -0.1) is 11.3 Å². The number of carbonyl (C=O) groups is 3. The van der Waals surface area contributed by atoms with E-state index in [0.29, 0.717) is 22.9 Å². The van der Waals surface area contributed by atoms with Gasteiger partial charge in [-0.25, -0.2) is 19.2 Å². The molecule has 2 aromatic rings. The highest BCUT2D eigenvalue weighted by Gasteiger charge is 2.54. The van der Waals surface area contributed by atoms with E-state index in [1.165, 1.54) is 22.0 Å². The van der Waals surface area contributed by atoms with E-state index in [2.05, 4.69) is 20.4 Å². The van der Waals surface area contributed by atoms with Gasteiger partial charge in [0.2, 0.25) is 0 Å². The molecule has 0 aliphatic carbocycles. The molecule has 0 aromatic carbocycles. The normalized spacial score (nSPS) is 20.1. The SMILES string of the molecule is Cn1ccnc1SC1=C(C(=O)O)N2C(=O)[C@@H](NC(=O)/C(=N/OCCF)c3csc(N)n3)[C@H]2CC1. The maximum absolute atomic E-state index is 12.9. The number of fused-ring (bicyclic) bond motifs is 1. The van der Waals surface area contributed by atoms with Gasteiger partial charge >= 0.3 is 5.97 Å². The van der Waals surface area contributed by atoms with Crippen LogP contribution < -0.4 is 11.1 Å². The van der Waals surface area contributed by atoms with Gasteiger partial charge in [0.25, 0.3) is 11.8 Å². The van der Waals surface area contributed by atoms with Crippen LogP contribution in [0.1, 0.15) is 18.5 Å². The third kappa shape index (κ3) is 4.48. The average molecular weight is 510 g/mol. The number of allylic oxidation sites excluding steroid dienone is 1. The lowest BCUT2D eigenvalue weighted by Crippen LogP contribution is -2.72. The number of thioether (sulfide) groups is 1. The lowest BCUT2D eigenvalue weighted by molar-refractivity contribution is -0.155. The monoisotopic (exact) mass is 509 g/mol. The van der Waals surface area contributed by atoms with Crippen molar-refractivity contribution in [1.82, 2.24) is 24.8 Å². The van der Waals surface area contributed by atoms with Crippen molar-refractivity contribution in [2.24, 2.45) is 12.2 Å². The van der Waals surface area contributed by atoms with E-state index in [1.54, 1.807) is 24.0 Å². The van der Waals surface area contributed by atoms with E-state index in [4.69, 9.17) is 10.6 Å². The molecule has 2 aliphatic rings. The number of aromatic nitrogens is 3. The zero-order valence-electron chi connectivity index (χ0n) is 17.8. The molecule has 1 saturated heterocycles. The zero-order chi connectivity index (χ0) is 24.4. The lowest BCUT2D eigenvalue weighted by atomic mass is 9.86. The van der Waals surface area contributed by atoms with Gasteiger partial charge in [0.1, 0.15) is 30.7 Å². The van der Waals surface area contributed by atoms with E-state index in [1.807, 2.05) is 0 Å². The molecule has 1 fully saturated rings. The van der Waals surface area contributed by atoms with Crippen LogP contribution in [-0.4, -0.2) is 73.4 Å². The van der Waals surface area contributed by atoms with E-state index in [-0.39, 0.29) is 28.8 Å². The number of nitrogens with zero attached hydrogens (tertiary/aromatic N) is 5. The summed E-state index contributed by atoms with van der Waals surface area (Å²) in [4.78, 5) is 52.5. The van der Waals surface area contributed by atoms with Crippen LogP contribution in [0, 0.1) is 0 Å². The second kappa shape index (κ2) is 9.80. The van der Waals surface area contributed by atoms with Crippen molar-refractivity contribution < 1.29 is 28.7 Å². The second-order valence-corrected chi connectivity index (χ2v) is 9.25. The number of thiazole rings is 1. The number of hydrogen-bond donors (Lipinski definition) is 3. The number of rotatable bonds is 9. The third-order valence-electron chi connectivity index (χ3n) is 5.18. The molecule has 2 aliphatic heterocycles. The molecule has 4 N–H and O–H groups in total. The molecule has 2 amide bonds. The molecule has 4 heterocycles. The predicted octanol–water partition coefficient (Wildman–Crippen LogP) is 0.727. The largest absolute Gasteiger partial charge is 0.477 e. The van der Waals surface area contributed by atoms with Crippen molar-refractivity contribution in [3.63, 3.8) is 0 Å². The first kappa shape index (κ1) is 23.7. The minimum atomic E-state index is -1.24. The van der Waals surface area contributed by atoms with Gasteiger partial charge in [-0.3, -0.25) is 14.5 Å². The molecule has 12 nitrogen and oxygen atoms in total. The molecule has 15 heteroatoms. The number of amides is 2. The number of halogens is 1. The van der Waals surface area contributed by atoms with Gasteiger partial charge in [0.15, 0.2) is 16.0 Å². The van der Waals surface area contributed by atoms with Crippen molar-refractivity contribution in [3.05, 3.63) is 34.1 Å². The van der Waals surface area contributed by atoms with Gasteiger partial charge in [-0.05, 0) is 12.8 Å². The molecular weight excluding hydrogens is 489 g/mol. The number of aliphatic carboxylic acids is 1. The highest BCUT2D eigenvalue weighted by Crippen LogP contribution is 2.42. The molecule has 180 valence electrons. The van der Waals surface area contributed by atoms with Crippen LogP contribution in [0.25, 0.3) is 0 Å². The molecule has 2 atom stereocenters. The number of nitrogens with one attached hydrogen (secondary N) is 1. The molecule has 0 spiro atoms. The minimum absolute atomic E-state index is 0.117. The Hall–Kier alpha value is -3.46. The van der Waals surface area contributed by atoms with Crippen molar-refractivity contribution in [3.8, 4) is 0 Å². The third-order valence-corrected chi connectivity index (χ3v) is 7.07. The highest BCUT2D eigenvalue weighted by atomic mass is 32.2. The van der Waals surface area contributed by atoms with Crippen molar-refractivity contribution >= 4 is 51.7 Å². The Labute approximate surface area is 200 Å². The standard InChI is InChI=1S/C19H20FN7O5S2/c1-26-6-5-22-19(26)34-11-3-2-10-13(16(29)27(10)14(11)17(30)31)24-15(28)12(25-32-7-4-20)9-8-33-18(21)23-9/h5-6,8,10,13H,2-4,7H2,1H3,(H2,21,23)(H,24,28)(H,30,31)/b25-12+/t10-,13+/m1/s1. The van der Waals surface area contributed by atoms with Crippen LogP contribution in [0.15, 0.2) is 38.7 Å². The number of aryl methyl sites for hydroxylation is 1. The number of carboxylic acid groups (broad SMARTS) is 1. The summed E-state index contributed by atoms with van der Waals surface area (Å²) in [6.45, 7) is -1.17. The van der Waals surface area contributed by atoms with Crippen LogP contribution in [0.2, 0.25) is 0 Å². The number of imidazole rings is 1. The summed E-state index contributed by atoms with van der Waals surface area (Å²) in [7, 11) is 1.79. The Kier molecular flexibility index (Phi) is 6.83. The Balaban J connectivity index is 1.53. The van der Waals surface area contributed by atoms with Crippen LogP contribution in [0.5, 0.6) is 0 Å². The number of anilines is 1. The molecule has 0 unspecified atom stereocenters. The summed E-state index contributed by atoms with van der Waals surface area (Å²) in [6, 6.07) is -1.49. The quantitative estimate of drug-likeness (QED) is 0.191. The van der Waals surface area contributed by atoms with E-state index < -0.39 is 36.5 Å². The van der Waals surface area contributed by atoms with Gasteiger partial charge in [0.05, 0.1) is 6.04 Å². The number of carbonyl (C=O) groups excluding carboxylic acids is 2. The summed E-state index contributed by atoms with van der Waals surface area (Å²) in [5, 5.41) is 18.3. The van der Waals surface area contributed by atoms with Crippen LogP contribution >= 0.6 is 23.1 Å². The maximum Gasteiger partial charge on any atom is 0.353 e. The predicted molar refractivity (Wildman–Crippen MR) is 121 cm³/mol. The fraction of sp³-hybridized carbons (Fsp3) is 0.368. The zero-order valence-corrected chi connectivity index (χ0v) is 19.4. The topological polar surface area (TPSA) is 165 Å². The number of alkyl halides is 1. The molecule has 0 bridgehead atoms. The van der Waals surface area contributed by atoms with E-state index >= 15 is 0 Å². The van der Waals surface area contributed by atoms with Gasteiger partial charge < -0.3 is 25.6 Å². The summed E-state index contributed by atoms with van der Waals surface area (Å²) < 4.78 is 14.2. The molecule has 4 rings (SSSR count). The first-order valence-corrected chi connectivity index (χ1v) is 11.7. The smallest absolute Gasteiger partial charge is 0.353 e. The Morgan fingerprint density at radius 1 is 1.50 bits per heavy atom. The second-order valence-electron chi connectivity index (χ2n) is 7.30. The number of hydrogen-bond acceptors (Lipinski definition) is 10. The van der Waals surface area contributed by atoms with Crippen molar-refractivity contribution in [1.29, 1.82) is 0 Å².